The average Bonchev–Trinajstić information content (AvgIpc) is 2.71. The molecule has 1 N–H and O–H groups in total. The lowest BCUT2D eigenvalue weighted by Gasteiger charge is -2.34. The molecule has 2 aromatic rings. The van der Waals surface area contributed by atoms with Gasteiger partial charge in [0.1, 0.15) is 5.70 Å². The van der Waals surface area contributed by atoms with E-state index in [1.165, 1.54) is 0 Å². The van der Waals surface area contributed by atoms with Crippen LogP contribution in [0.5, 0.6) is 0 Å². The number of hydrazone groups is 1. The van der Waals surface area contributed by atoms with Gasteiger partial charge in [-0.2, -0.15) is 0 Å². The first kappa shape index (κ1) is 20.0. The predicted molar refractivity (Wildman–Crippen MR) is 122 cm³/mol. The molecular weight excluding hydrogens is 450 g/mol. The Hall–Kier alpha value is -2.32. The summed E-state index contributed by atoms with van der Waals surface area (Å²) in [5.74, 6) is 0.742. The summed E-state index contributed by atoms with van der Waals surface area (Å²) in [6.07, 6.45) is 0.615. The first-order valence-corrected chi connectivity index (χ1v) is 11.2. The number of thioether (sulfide) groups is 1. The van der Waals surface area contributed by atoms with E-state index in [2.05, 4.69) is 45.2 Å². The molecule has 6 nitrogen and oxygen atoms in total. The first-order chi connectivity index (χ1) is 14.0. The third-order valence-corrected chi connectivity index (χ3v) is 6.28. The van der Waals surface area contributed by atoms with Gasteiger partial charge in [-0.25, -0.2) is 5.01 Å². The molecule has 0 saturated heterocycles. The fourth-order valence-corrected chi connectivity index (χ4v) is 4.35. The van der Waals surface area contributed by atoms with Crippen molar-refractivity contribution in [3.05, 3.63) is 63.1 Å². The maximum atomic E-state index is 13.0. The zero-order valence-electron chi connectivity index (χ0n) is 16.5. The van der Waals surface area contributed by atoms with Gasteiger partial charge in [0.2, 0.25) is 0 Å². The smallest absolute Gasteiger partial charge is 0.276 e. The van der Waals surface area contributed by atoms with E-state index in [1.54, 1.807) is 16.8 Å². The fourth-order valence-electron chi connectivity index (χ4n) is 3.28. The van der Waals surface area contributed by atoms with Crippen LogP contribution >= 0.6 is 27.7 Å². The number of halogens is 1. The number of amides is 1. The highest BCUT2D eigenvalue weighted by atomic mass is 79.9. The molecule has 0 aromatic heterocycles. The molecule has 1 amide bonds. The minimum atomic E-state index is -0.391. The van der Waals surface area contributed by atoms with E-state index in [-0.39, 0.29) is 5.91 Å². The van der Waals surface area contributed by atoms with E-state index in [0.29, 0.717) is 10.9 Å². The summed E-state index contributed by atoms with van der Waals surface area (Å²) in [5, 5.41) is 11.6. The number of nitrogens with zero attached hydrogens (tertiary/aromatic N) is 4. The largest absolute Gasteiger partial charge is 0.378 e. The van der Waals surface area contributed by atoms with Gasteiger partial charge >= 0.3 is 0 Å². The maximum absolute atomic E-state index is 13.0. The van der Waals surface area contributed by atoms with E-state index in [1.807, 2.05) is 44.4 Å². The standard InChI is InChI=1S/C21H22BrN5OS/c1-4-11-29-21-24-20(28)18-16-12-14(22)7-10-17(16)23-19(27(18)25-21)13-5-8-15(9-6-13)26(2)3/h5-10,12,19H,4,11H2,1-3H3,(H,24,25,28)/t19-/m0/s1. The van der Waals surface area contributed by atoms with Crippen LogP contribution in [0.2, 0.25) is 0 Å². The van der Waals surface area contributed by atoms with Crippen LogP contribution in [0.25, 0.3) is 5.70 Å². The average molecular weight is 472 g/mol. The Kier molecular flexibility index (Phi) is 5.65. The Bertz CT molecular complexity index is 1100. The summed E-state index contributed by atoms with van der Waals surface area (Å²) >= 11 is 5.06. The second-order valence-corrected chi connectivity index (χ2v) is 9.05. The van der Waals surface area contributed by atoms with Crippen LogP contribution < -0.4 is 20.8 Å². The number of nitrogens with one attached hydrogen (secondary N) is 1. The van der Waals surface area contributed by atoms with Gasteiger partial charge in [-0.1, -0.05) is 46.7 Å². The third-order valence-electron chi connectivity index (χ3n) is 4.72. The second kappa shape index (κ2) is 8.20. The molecule has 8 heteroatoms. The summed E-state index contributed by atoms with van der Waals surface area (Å²) < 4.78 is 0.899. The van der Waals surface area contributed by atoms with E-state index >= 15 is 0 Å². The Morgan fingerprint density at radius 2 is 1.97 bits per heavy atom. The van der Waals surface area contributed by atoms with Crippen LogP contribution in [0.15, 0.2) is 57.0 Å². The monoisotopic (exact) mass is 471 g/mol. The molecule has 2 aliphatic rings. The molecule has 4 rings (SSSR count). The van der Waals surface area contributed by atoms with E-state index < -0.39 is 6.17 Å². The normalized spacial score (nSPS) is 17.7. The van der Waals surface area contributed by atoms with Crippen molar-refractivity contribution in [1.82, 2.24) is 10.3 Å². The quantitative estimate of drug-likeness (QED) is 0.744. The van der Waals surface area contributed by atoms with Gasteiger partial charge in [-0.05, 0) is 42.3 Å². The van der Waals surface area contributed by atoms with E-state index in [0.717, 1.165) is 38.5 Å². The summed E-state index contributed by atoms with van der Waals surface area (Å²) in [5.41, 5.74) is 2.62. The Labute approximate surface area is 182 Å². The molecule has 0 fully saturated rings. The maximum Gasteiger partial charge on any atom is 0.276 e. The Morgan fingerprint density at radius 1 is 1.21 bits per heavy atom. The van der Waals surface area contributed by atoms with Crippen LogP contribution in [0, 0.1) is 0 Å². The zero-order valence-corrected chi connectivity index (χ0v) is 18.9. The van der Waals surface area contributed by atoms with Crippen molar-refractivity contribution in [2.24, 2.45) is 10.1 Å². The molecule has 0 spiro atoms. The molecule has 0 unspecified atom stereocenters. The topological polar surface area (TPSA) is 60.3 Å². The highest BCUT2D eigenvalue weighted by Gasteiger charge is 2.34. The SMILES string of the molecule is CCCSC1=NN2C(=c3cc(Br)ccc3=N[C@@H]2c2ccc(N(C)C)cc2)C(=O)N1. The lowest BCUT2D eigenvalue weighted by Crippen LogP contribution is -2.50. The minimum Gasteiger partial charge on any atom is -0.378 e. The van der Waals surface area contributed by atoms with Crippen LogP contribution in [-0.4, -0.2) is 35.9 Å². The van der Waals surface area contributed by atoms with Gasteiger partial charge < -0.3 is 4.90 Å². The fraction of sp³-hybridized carbons (Fsp3) is 0.286. The predicted octanol–water partition coefficient (Wildman–Crippen LogP) is 2.80. The molecule has 0 aliphatic carbocycles. The Balaban J connectivity index is 1.87. The van der Waals surface area contributed by atoms with E-state index in [9.17, 15) is 4.79 Å². The van der Waals surface area contributed by atoms with Crippen molar-refractivity contribution < 1.29 is 4.79 Å². The number of anilines is 1. The zero-order chi connectivity index (χ0) is 20.5. The third kappa shape index (κ3) is 3.91. The van der Waals surface area contributed by atoms with Gasteiger partial charge in [-0.3, -0.25) is 15.1 Å². The molecule has 1 atom stereocenters. The molecular formula is C21H22BrN5OS. The number of carbonyl (C=O) groups excluding carboxylic acids is 1. The van der Waals surface area contributed by atoms with Gasteiger partial charge in [0.25, 0.3) is 5.91 Å². The molecule has 29 heavy (non-hydrogen) atoms. The number of amidine groups is 1. The van der Waals surface area contributed by atoms with Gasteiger partial charge in [-0.15, -0.1) is 5.10 Å². The lowest BCUT2D eigenvalue weighted by atomic mass is 10.1. The molecule has 0 saturated carbocycles. The number of fused-ring (bicyclic) bond motifs is 2. The summed E-state index contributed by atoms with van der Waals surface area (Å²) in [6.45, 7) is 2.11. The van der Waals surface area contributed by atoms with Gasteiger partial charge in [0, 0.05) is 35.2 Å². The highest BCUT2D eigenvalue weighted by Crippen LogP contribution is 2.31. The lowest BCUT2D eigenvalue weighted by molar-refractivity contribution is -0.116. The van der Waals surface area contributed by atoms with E-state index in [4.69, 9.17) is 10.1 Å². The number of hydrogen-bond acceptors (Lipinski definition) is 6. The van der Waals surface area contributed by atoms with Crippen LogP contribution in [0.1, 0.15) is 25.1 Å². The molecule has 2 heterocycles. The van der Waals surface area contributed by atoms with Crippen molar-refractivity contribution in [1.29, 1.82) is 0 Å². The molecule has 0 bridgehead atoms. The highest BCUT2D eigenvalue weighted by molar-refractivity contribution is 9.10. The van der Waals surface area contributed by atoms with Crippen LogP contribution in [0.3, 0.4) is 0 Å². The van der Waals surface area contributed by atoms with Gasteiger partial charge in [0.05, 0.1) is 5.36 Å². The molecule has 0 radical (unpaired) electrons. The molecule has 2 aliphatic heterocycles. The van der Waals surface area contributed by atoms with Crippen LogP contribution in [-0.2, 0) is 4.79 Å². The van der Waals surface area contributed by atoms with Gasteiger partial charge in [0.15, 0.2) is 11.3 Å². The second-order valence-electron chi connectivity index (χ2n) is 7.05. The number of carbonyl (C=O) groups is 1. The summed E-state index contributed by atoms with van der Waals surface area (Å²) in [6, 6.07) is 14.0. The van der Waals surface area contributed by atoms with Crippen molar-refractivity contribution in [3.63, 3.8) is 0 Å². The van der Waals surface area contributed by atoms with Crippen molar-refractivity contribution in [3.8, 4) is 0 Å². The van der Waals surface area contributed by atoms with Crippen molar-refractivity contribution >= 4 is 50.2 Å². The first-order valence-electron chi connectivity index (χ1n) is 9.45. The minimum absolute atomic E-state index is 0.150. The molecule has 2 aromatic carbocycles. The van der Waals surface area contributed by atoms with Crippen LogP contribution in [0.4, 0.5) is 5.69 Å². The van der Waals surface area contributed by atoms with Crippen molar-refractivity contribution in [2.75, 3.05) is 24.7 Å². The number of rotatable bonds is 4. The molecule has 150 valence electrons. The van der Waals surface area contributed by atoms with Crippen molar-refractivity contribution in [2.45, 2.75) is 19.5 Å². The number of benzene rings is 2. The summed E-state index contributed by atoms with van der Waals surface area (Å²) in [7, 11) is 4.02. The Morgan fingerprint density at radius 3 is 2.66 bits per heavy atom. The summed E-state index contributed by atoms with van der Waals surface area (Å²) in [4.78, 5) is 20.0. The number of hydrogen-bond donors (Lipinski definition) is 1.